The molecule has 0 aromatic rings. The first-order valence-electron chi connectivity index (χ1n) is 6.50. The van der Waals surface area contributed by atoms with Crippen molar-refractivity contribution in [3.05, 3.63) is 0 Å². The van der Waals surface area contributed by atoms with Crippen molar-refractivity contribution in [1.29, 1.82) is 0 Å². The van der Waals surface area contributed by atoms with Crippen molar-refractivity contribution in [3.8, 4) is 0 Å². The van der Waals surface area contributed by atoms with E-state index in [0.717, 1.165) is 32.5 Å². The van der Waals surface area contributed by atoms with Gasteiger partial charge in [-0.05, 0) is 37.8 Å². The molecular formula is C13H25NO2. The van der Waals surface area contributed by atoms with Crippen LogP contribution >= 0.6 is 0 Å². The summed E-state index contributed by atoms with van der Waals surface area (Å²) in [5.74, 6) is -0.655. The van der Waals surface area contributed by atoms with Crippen molar-refractivity contribution in [3.63, 3.8) is 0 Å². The minimum absolute atomic E-state index is 0.00367. The maximum Gasteiger partial charge on any atom is 0.303 e. The summed E-state index contributed by atoms with van der Waals surface area (Å²) in [4.78, 5) is 13.3. The topological polar surface area (TPSA) is 40.5 Å². The average Bonchev–Trinajstić information content (AvgIpc) is 2.16. The fourth-order valence-electron chi connectivity index (χ4n) is 2.71. The summed E-state index contributed by atoms with van der Waals surface area (Å²) in [7, 11) is 0. The average molecular weight is 227 g/mol. The van der Waals surface area contributed by atoms with Gasteiger partial charge in [-0.25, -0.2) is 0 Å². The van der Waals surface area contributed by atoms with Crippen LogP contribution in [0, 0.1) is 5.41 Å². The van der Waals surface area contributed by atoms with E-state index in [-0.39, 0.29) is 5.41 Å². The smallest absolute Gasteiger partial charge is 0.303 e. The monoisotopic (exact) mass is 227 g/mol. The lowest BCUT2D eigenvalue weighted by Crippen LogP contribution is -2.43. The molecule has 0 spiro atoms. The fraction of sp³-hybridized carbons (Fsp3) is 0.923. The van der Waals surface area contributed by atoms with Crippen molar-refractivity contribution in [2.75, 3.05) is 19.6 Å². The molecule has 1 saturated heterocycles. The number of aliphatic carboxylic acids is 1. The Hall–Kier alpha value is -0.570. The van der Waals surface area contributed by atoms with Gasteiger partial charge in [0.15, 0.2) is 0 Å². The molecule has 1 unspecified atom stereocenters. The molecule has 1 atom stereocenters. The van der Waals surface area contributed by atoms with Crippen molar-refractivity contribution in [2.24, 2.45) is 5.41 Å². The Labute approximate surface area is 98.8 Å². The van der Waals surface area contributed by atoms with Gasteiger partial charge in [0.05, 0.1) is 6.42 Å². The first-order chi connectivity index (χ1) is 7.56. The SMILES string of the molecule is CCCCCN1CCCC(C)(CC(=O)O)C1. The molecule has 0 aliphatic carbocycles. The third kappa shape index (κ3) is 4.52. The molecule has 94 valence electrons. The molecular weight excluding hydrogens is 202 g/mol. The molecule has 3 nitrogen and oxygen atoms in total. The number of likely N-dealkylation sites (tertiary alicyclic amines) is 1. The summed E-state index contributed by atoms with van der Waals surface area (Å²) in [5, 5.41) is 8.91. The number of hydrogen-bond donors (Lipinski definition) is 1. The lowest BCUT2D eigenvalue weighted by atomic mass is 9.79. The second-order valence-electron chi connectivity index (χ2n) is 5.47. The standard InChI is InChI=1S/C13H25NO2/c1-3-4-5-8-14-9-6-7-13(2,11-14)10-12(15)16/h3-11H2,1-2H3,(H,15,16). The molecule has 0 aromatic carbocycles. The molecule has 0 aromatic heterocycles. The van der Waals surface area contributed by atoms with E-state index in [0.29, 0.717) is 6.42 Å². The van der Waals surface area contributed by atoms with Gasteiger partial charge in [0, 0.05) is 6.54 Å². The van der Waals surface area contributed by atoms with E-state index in [1.54, 1.807) is 0 Å². The van der Waals surface area contributed by atoms with Crippen LogP contribution in [-0.4, -0.2) is 35.6 Å². The number of unbranched alkanes of at least 4 members (excludes halogenated alkanes) is 2. The summed E-state index contributed by atoms with van der Waals surface area (Å²) >= 11 is 0. The van der Waals surface area contributed by atoms with Crippen LogP contribution in [0.2, 0.25) is 0 Å². The van der Waals surface area contributed by atoms with Crippen LogP contribution in [0.5, 0.6) is 0 Å². The van der Waals surface area contributed by atoms with Gasteiger partial charge in [0.1, 0.15) is 0 Å². The third-order valence-electron chi connectivity index (χ3n) is 3.52. The van der Waals surface area contributed by atoms with Gasteiger partial charge in [0.2, 0.25) is 0 Å². The number of carboxylic acids is 1. The third-order valence-corrected chi connectivity index (χ3v) is 3.52. The normalized spacial score (nSPS) is 26.9. The zero-order chi connectivity index (χ0) is 12.0. The van der Waals surface area contributed by atoms with E-state index >= 15 is 0 Å². The molecule has 1 rings (SSSR count). The van der Waals surface area contributed by atoms with E-state index in [4.69, 9.17) is 5.11 Å². The highest BCUT2D eigenvalue weighted by Crippen LogP contribution is 2.32. The van der Waals surface area contributed by atoms with Gasteiger partial charge in [0.25, 0.3) is 0 Å². The van der Waals surface area contributed by atoms with Gasteiger partial charge in [-0.3, -0.25) is 4.79 Å². The first-order valence-corrected chi connectivity index (χ1v) is 6.50. The summed E-state index contributed by atoms with van der Waals surface area (Å²) in [5.41, 5.74) is -0.00367. The Morgan fingerprint density at radius 3 is 2.81 bits per heavy atom. The highest BCUT2D eigenvalue weighted by Gasteiger charge is 2.32. The lowest BCUT2D eigenvalue weighted by molar-refractivity contribution is -0.140. The summed E-state index contributed by atoms with van der Waals surface area (Å²) in [6.45, 7) is 7.59. The number of nitrogens with zero attached hydrogens (tertiary/aromatic N) is 1. The van der Waals surface area contributed by atoms with Crippen molar-refractivity contribution in [2.45, 2.75) is 52.4 Å². The Morgan fingerprint density at radius 1 is 1.44 bits per heavy atom. The van der Waals surface area contributed by atoms with E-state index in [9.17, 15) is 4.79 Å². The second-order valence-corrected chi connectivity index (χ2v) is 5.47. The summed E-state index contributed by atoms with van der Waals surface area (Å²) < 4.78 is 0. The minimum atomic E-state index is -0.655. The van der Waals surface area contributed by atoms with Gasteiger partial charge in [-0.15, -0.1) is 0 Å². The van der Waals surface area contributed by atoms with Crippen molar-refractivity contribution < 1.29 is 9.90 Å². The molecule has 0 amide bonds. The van der Waals surface area contributed by atoms with E-state index in [1.807, 2.05) is 0 Å². The molecule has 16 heavy (non-hydrogen) atoms. The van der Waals surface area contributed by atoms with Crippen LogP contribution in [0.4, 0.5) is 0 Å². The van der Waals surface area contributed by atoms with Crippen LogP contribution in [0.3, 0.4) is 0 Å². The first kappa shape index (κ1) is 13.5. The van der Waals surface area contributed by atoms with Crippen LogP contribution in [0.25, 0.3) is 0 Å². The van der Waals surface area contributed by atoms with E-state index in [1.165, 1.54) is 19.3 Å². The summed E-state index contributed by atoms with van der Waals surface area (Å²) in [6.07, 6.45) is 6.31. The van der Waals surface area contributed by atoms with Gasteiger partial charge >= 0.3 is 5.97 Å². The fourth-order valence-corrected chi connectivity index (χ4v) is 2.71. The van der Waals surface area contributed by atoms with Crippen LogP contribution in [-0.2, 0) is 4.79 Å². The Morgan fingerprint density at radius 2 is 2.19 bits per heavy atom. The quantitative estimate of drug-likeness (QED) is 0.709. The predicted molar refractivity (Wildman–Crippen MR) is 65.6 cm³/mol. The number of carboxylic acid groups (broad SMARTS) is 1. The minimum Gasteiger partial charge on any atom is -0.481 e. The molecule has 1 aliphatic rings. The highest BCUT2D eigenvalue weighted by atomic mass is 16.4. The summed E-state index contributed by atoms with van der Waals surface area (Å²) in [6, 6.07) is 0. The van der Waals surface area contributed by atoms with Crippen molar-refractivity contribution in [1.82, 2.24) is 4.90 Å². The molecule has 1 N–H and O–H groups in total. The van der Waals surface area contributed by atoms with Crippen LogP contribution in [0.1, 0.15) is 52.4 Å². The Kier molecular flexibility index (Phi) is 5.26. The van der Waals surface area contributed by atoms with Crippen molar-refractivity contribution >= 4 is 5.97 Å². The zero-order valence-corrected chi connectivity index (χ0v) is 10.7. The maximum atomic E-state index is 10.8. The Bertz CT molecular complexity index is 230. The maximum absolute atomic E-state index is 10.8. The molecule has 1 fully saturated rings. The molecule has 1 heterocycles. The highest BCUT2D eigenvalue weighted by molar-refractivity contribution is 5.67. The molecule has 0 radical (unpaired) electrons. The molecule has 3 heteroatoms. The Balaban J connectivity index is 2.36. The van der Waals surface area contributed by atoms with Gasteiger partial charge in [-0.2, -0.15) is 0 Å². The van der Waals surface area contributed by atoms with Gasteiger partial charge < -0.3 is 10.0 Å². The molecule has 0 saturated carbocycles. The largest absolute Gasteiger partial charge is 0.481 e. The van der Waals surface area contributed by atoms with E-state index < -0.39 is 5.97 Å². The number of rotatable bonds is 6. The molecule has 1 aliphatic heterocycles. The zero-order valence-electron chi connectivity index (χ0n) is 10.7. The predicted octanol–water partition coefficient (Wildman–Crippen LogP) is 2.75. The second kappa shape index (κ2) is 6.24. The lowest BCUT2D eigenvalue weighted by Gasteiger charge is -2.39. The van der Waals surface area contributed by atoms with Crippen LogP contribution < -0.4 is 0 Å². The molecule has 0 bridgehead atoms. The van der Waals surface area contributed by atoms with E-state index in [2.05, 4.69) is 18.7 Å². The number of piperidine rings is 1. The number of carbonyl (C=O) groups is 1. The number of hydrogen-bond acceptors (Lipinski definition) is 2. The van der Waals surface area contributed by atoms with Crippen LogP contribution in [0.15, 0.2) is 0 Å². The van der Waals surface area contributed by atoms with Gasteiger partial charge in [-0.1, -0.05) is 26.7 Å².